The minimum absolute atomic E-state index is 0.0251. The number of para-hydroxylation sites is 1. The number of alkyl carbamates (subject to hydrolysis) is 1. The van der Waals surface area contributed by atoms with E-state index in [9.17, 15) is 23.6 Å². The Morgan fingerprint density at radius 1 is 1.06 bits per heavy atom. The Balaban J connectivity index is 1.87. The molecule has 2 N–H and O–H groups in total. The molecule has 2 aliphatic carbocycles. The number of anilines is 1. The number of benzene rings is 1. The highest BCUT2D eigenvalue weighted by atomic mass is 19.1. The highest BCUT2D eigenvalue weighted by molar-refractivity contribution is 5.91. The summed E-state index contributed by atoms with van der Waals surface area (Å²) in [5, 5.41) is 4.92. The number of amides is 2. The lowest BCUT2D eigenvalue weighted by atomic mass is 9.89. The number of nitrogens with one attached hydrogen (secondary N) is 2. The third-order valence-electron chi connectivity index (χ3n) is 5.89. The first-order chi connectivity index (χ1) is 16.4. The second-order valence-corrected chi connectivity index (χ2v) is 9.45. The van der Waals surface area contributed by atoms with E-state index in [1.54, 1.807) is 40.7 Å². The minimum Gasteiger partial charge on any atom is -0.466 e. The third kappa shape index (κ3) is 5.66. The molecule has 192 valence electrons. The molecule has 4 unspecified atom stereocenters. The van der Waals surface area contributed by atoms with Gasteiger partial charge in [0.05, 0.1) is 24.8 Å². The van der Waals surface area contributed by atoms with Crippen molar-refractivity contribution >= 4 is 29.8 Å². The maximum absolute atomic E-state index is 13.9. The molecule has 2 aliphatic rings. The van der Waals surface area contributed by atoms with Gasteiger partial charge in [0.2, 0.25) is 0 Å². The van der Waals surface area contributed by atoms with E-state index in [4.69, 9.17) is 18.9 Å². The van der Waals surface area contributed by atoms with E-state index in [-0.39, 0.29) is 25.3 Å². The van der Waals surface area contributed by atoms with Crippen LogP contribution in [0, 0.1) is 23.6 Å². The summed E-state index contributed by atoms with van der Waals surface area (Å²) in [6.45, 7) is 8.38. The molecule has 0 aliphatic heterocycles. The Morgan fingerprint density at radius 3 is 2.31 bits per heavy atom. The molecule has 0 bridgehead atoms. The lowest BCUT2D eigenvalue weighted by molar-refractivity contribution is -0.154. The zero-order valence-corrected chi connectivity index (χ0v) is 20.4. The van der Waals surface area contributed by atoms with Crippen LogP contribution in [0.4, 0.5) is 19.7 Å². The van der Waals surface area contributed by atoms with Crippen LogP contribution in [0.5, 0.6) is 0 Å². The number of carbonyl (C=O) groups is 4. The summed E-state index contributed by atoms with van der Waals surface area (Å²) in [6, 6.07) is 5.55. The van der Waals surface area contributed by atoms with Crippen molar-refractivity contribution in [3.05, 3.63) is 30.1 Å². The molecule has 2 saturated carbocycles. The number of fused-ring (bicyclic) bond motifs is 1. The van der Waals surface area contributed by atoms with Crippen molar-refractivity contribution in [2.75, 3.05) is 18.5 Å². The summed E-state index contributed by atoms with van der Waals surface area (Å²) in [5.41, 5.74) is -2.62. The van der Waals surface area contributed by atoms with Crippen LogP contribution in [0.15, 0.2) is 24.3 Å². The molecular weight excluding hydrogens is 463 g/mol. The smallest absolute Gasteiger partial charge is 0.411 e. The van der Waals surface area contributed by atoms with Gasteiger partial charge < -0.3 is 24.3 Å². The Hall–Kier alpha value is -3.37. The molecular formula is C24H31FN2O8. The van der Waals surface area contributed by atoms with E-state index in [0.717, 1.165) is 0 Å². The van der Waals surface area contributed by atoms with Gasteiger partial charge in [0.1, 0.15) is 23.1 Å². The number of halogens is 1. The lowest BCUT2D eigenvalue weighted by Gasteiger charge is -2.33. The Bertz CT molecular complexity index is 994. The van der Waals surface area contributed by atoms with E-state index < -0.39 is 64.9 Å². The van der Waals surface area contributed by atoms with Crippen LogP contribution in [-0.4, -0.2) is 54.6 Å². The second-order valence-electron chi connectivity index (χ2n) is 9.45. The number of ether oxygens (including phenoxy) is 4. The average molecular weight is 495 g/mol. The van der Waals surface area contributed by atoms with Crippen LogP contribution in [0.2, 0.25) is 0 Å². The first kappa shape index (κ1) is 26.2. The molecule has 0 aromatic heterocycles. The molecule has 1 aromatic carbocycles. The van der Waals surface area contributed by atoms with Crippen molar-refractivity contribution in [1.82, 2.24) is 5.32 Å². The van der Waals surface area contributed by atoms with Gasteiger partial charge in [-0.15, -0.1) is 0 Å². The van der Waals surface area contributed by atoms with Gasteiger partial charge in [-0.25, -0.2) is 18.8 Å². The van der Waals surface area contributed by atoms with Crippen LogP contribution < -0.4 is 10.6 Å². The van der Waals surface area contributed by atoms with E-state index >= 15 is 0 Å². The molecule has 5 atom stereocenters. The van der Waals surface area contributed by atoms with Gasteiger partial charge in [0.25, 0.3) is 0 Å². The molecule has 0 spiro atoms. The van der Waals surface area contributed by atoms with Gasteiger partial charge in [-0.3, -0.25) is 10.1 Å². The molecule has 10 nitrogen and oxygen atoms in total. The largest absolute Gasteiger partial charge is 0.466 e. The van der Waals surface area contributed by atoms with Gasteiger partial charge in [0.15, 0.2) is 0 Å². The number of esters is 2. The number of hydrogen-bond donors (Lipinski definition) is 2. The summed E-state index contributed by atoms with van der Waals surface area (Å²) in [5.74, 6) is -4.16. The maximum Gasteiger partial charge on any atom is 0.411 e. The molecule has 0 saturated heterocycles. The van der Waals surface area contributed by atoms with Gasteiger partial charge in [-0.1, -0.05) is 12.1 Å². The van der Waals surface area contributed by atoms with E-state index in [0.29, 0.717) is 0 Å². The topological polar surface area (TPSA) is 129 Å². The molecule has 1 aromatic rings. The predicted octanol–water partition coefficient (Wildman–Crippen LogP) is 3.40. The number of rotatable bonds is 7. The summed E-state index contributed by atoms with van der Waals surface area (Å²) < 4.78 is 35.2. The monoisotopic (exact) mass is 494 g/mol. The molecule has 11 heteroatoms. The van der Waals surface area contributed by atoms with Crippen LogP contribution in [0.25, 0.3) is 0 Å². The second kappa shape index (κ2) is 10.1. The average Bonchev–Trinajstić information content (AvgIpc) is 3.42. The van der Waals surface area contributed by atoms with Crippen LogP contribution in [0.3, 0.4) is 0 Å². The fourth-order valence-electron chi connectivity index (χ4n) is 4.67. The van der Waals surface area contributed by atoms with Crippen molar-refractivity contribution in [1.29, 1.82) is 0 Å². The van der Waals surface area contributed by atoms with Crippen molar-refractivity contribution in [2.24, 2.45) is 17.8 Å². The fourth-order valence-corrected chi connectivity index (χ4v) is 4.67. The summed E-state index contributed by atoms with van der Waals surface area (Å²) in [6.07, 6.45) is -2.96. The summed E-state index contributed by atoms with van der Waals surface area (Å²) >= 11 is 0. The zero-order chi connectivity index (χ0) is 26.0. The summed E-state index contributed by atoms with van der Waals surface area (Å²) in [7, 11) is 0. The molecule has 2 fully saturated rings. The van der Waals surface area contributed by atoms with Crippen LogP contribution in [0.1, 0.15) is 41.0 Å². The SMILES string of the molecule is CCOC(=O)[C@H]1C2C(OC(=O)Nc3ccccc3F)CC(NC(=O)OC(C)(C)C)(C(=O)OCC)C21. The molecule has 35 heavy (non-hydrogen) atoms. The molecule has 0 heterocycles. The highest BCUT2D eigenvalue weighted by Gasteiger charge is 2.77. The number of hydrogen-bond acceptors (Lipinski definition) is 8. The normalized spacial score (nSPS) is 26.7. The first-order valence-electron chi connectivity index (χ1n) is 11.5. The van der Waals surface area contributed by atoms with Gasteiger partial charge in [-0.05, 0) is 46.8 Å². The quantitative estimate of drug-likeness (QED) is 0.436. The zero-order valence-electron chi connectivity index (χ0n) is 20.4. The van der Waals surface area contributed by atoms with Crippen LogP contribution >= 0.6 is 0 Å². The van der Waals surface area contributed by atoms with Crippen molar-refractivity contribution in [2.45, 2.75) is 58.3 Å². The van der Waals surface area contributed by atoms with Gasteiger partial charge in [0, 0.05) is 18.3 Å². The Labute approximate surface area is 202 Å². The van der Waals surface area contributed by atoms with Crippen molar-refractivity contribution in [3.63, 3.8) is 0 Å². The number of carbonyl (C=O) groups excluding carboxylic acids is 4. The molecule has 2 amide bonds. The van der Waals surface area contributed by atoms with Crippen molar-refractivity contribution < 1.29 is 42.5 Å². The maximum atomic E-state index is 13.9. The van der Waals surface area contributed by atoms with Gasteiger partial charge >= 0.3 is 24.1 Å². The summed E-state index contributed by atoms with van der Waals surface area (Å²) in [4.78, 5) is 51.0. The standard InChI is InChI=1S/C24H31FN2O8/c1-6-32-19(28)17-16-15(34-21(30)26-14-11-9-8-10-13(14)25)12-24(18(16)17,20(29)33-7-2)27-22(31)35-23(3,4)5/h8-11,15-18H,6-7,12H2,1-5H3,(H,26,30)(H,27,31)/t15?,16?,17-,18?,24?/m0/s1. The third-order valence-corrected chi connectivity index (χ3v) is 5.89. The van der Waals surface area contributed by atoms with E-state index in [2.05, 4.69) is 10.6 Å². The van der Waals surface area contributed by atoms with Crippen LogP contribution in [-0.2, 0) is 28.5 Å². The van der Waals surface area contributed by atoms with E-state index in [1.165, 1.54) is 18.2 Å². The lowest BCUT2D eigenvalue weighted by Crippen LogP contribution is -2.58. The van der Waals surface area contributed by atoms with Gasteiger partial charge in [-0.2, -0.15) is 0 Å². The minimum atomic E-state index is -1.68. The highest BCUT2D eigenvalue weighted by Crippen LogP contribution is 2.64. The first-order valence-corrected chi connectivity index (χ1v) is 11.5. The Kier molecular flexibility index (Phi) is 7.56. The van der Waals surface area contributed by atoms with Crippen molar-refractivity contribution in [3.8, 4) is 0 Å². The fraction of sp³-hybridized carbons (Fsp3) is 0.583. The Morgan fingerprint density at radius 2 is 1.71 bits per heavy atom. The molecule has 3 rings (SSSR count). The predicted molar refractivity (Wildman–Crippen MR) is 121 cm³/mol. The van der Waals surface area contributed by atoms with E-state index in [1.807, 2.05) is 0 Å². The molecule has 0 radical (unpaired) electrons.